The van der Waals surface area contributed by atoms with Crippen LogP contribution in [0.15, 0.2) is 160 Å². The van der Waals surface area contributed by atoms with Crippen LogP contribution in [0, 0.1) is 57.8 Å². The fourth-order valence-corrected chi connectivity index (χ4v) is 18.7. The fraction of sp³-hybridized carbons (Fsp3) is 0.372. The number of carbonyl (C=O) groups excluding carboxylic acids is 5. The molecular weight excluding hydrogens is 1450 g/mol. The molecule has 0 atom stereocenters. The molecule has 0 spiro atoms. The number of nitrogens with zero attached hydrogens (tertiary/aromatic N) is 4. The number of aromatic nitrogens is 3. The van der Waals surface area contributed by atoms with Gasteiger partial charge in [-0.3, -0.25) is 42.5 Å². The number of benzene rings is 6. The van der Waals surface area contributed by atoms with E-state index in [2.05, 4.69) is 37.1 Å². The van der Waals surface area contributed by atoms with Crippen molar-refractivity contribution in [1.29, 1.82) is 0 Å². The lowest BCUT2D eigenvalue weighted by Crippen LogP contribution is -2.29. The van der Waals surface area contributed by atoms with Crippen LogP contribution in [0.4, 0.5) is 17.1 Å². The van der Waals surface area contributed by atoms with Crippen LogP contribution < -0.4 is 13.7 Å². The number of aliphatic carboxylic acids is 1. The van der Waals surface area contributed by atoms with Gasteiger partial charge in [0, 0.05) is 96.4 Å². The summed E-state index contributed by atoms with van der Waals surface area (Å²) in [7, 11) is -9.85. The Bertz CT molecular complexity index is 5410. The van der Waals surface area contributed by atoms with Gasteiger partial charge in [0.2, 0.25) is 0 Å². The molecule has 0 saturated carbocycles. The molecule has 12 rings (SSSR count). The number of rotatable bonds is 23. The zero-order valence-electron chi connectivity index (χ0n) is 65.4. The van der Waals surface area contributed by atoms with Crippen LogP contribution in [-0.4, -0.2) is 99.6 Å². The van der Waals surface area contributed by atoms with Crippen molar-refractivity contribution in [2.75, 3.05) is 34.0 Å². The van der Waals surface area contributed by atoms with Crippen molar-refractivity contribution in [2.24, 2.45) is 16.2 Å². The number of hydrogen-bond donors (Lipinski definition) is 3. The monoisotopic (exact) mass is 1550 g/mol. The third-order valence-corrected chi connectivity index (χ3v) is 25.3. The first kappa shape index (κ1) is 82.3. The lowest BCUT2D eigenvalue weighted by atomic mass is 9.75. The van der Waals surface area contributed by atoms with Crippen LogP contribution in [0.2, 0.25) is 0 Å². The van der Waals surface area contributed by atoms with Crippen LogP contribution in [0.5, 0.6) is 0 Å². The molecule has 6 aromatic carbocycles. The Hall–Kier alpha value is -10.2. The van der Waals surface area contributed by atoms with Gasteiger partial charge in [0.1, 0.15) is 19.6 Å². The van der Waals surface area contributed by atoms with Gasteiger partial charge in [-0.2, -0.15) is 0 Å². The van der Waals surface area contributed by atoms with E-state index in [0.29, 0.717) is 97.1 Å². The minimum atomic E-state index is -3.81. The molecule has 0 amide bonds. The van der Waals surface area contributed by atoms with Gasteiger partial charge in [-0.05, 0) is 179 Å². The van der Waals surface area contributed by atoms with E-state index in [1.54, 1.807) is 129 Å². The van der Waals surface area contributed by atoms with Gasteiger partial charge in [0.15, 0.2) is 17.3 Å². The number of sulfonamides is 3. The molecule has 0 unspecified atom stereocenters. The highest BCUT2D eigenvalue weighted by molar-refractivity contribution is 7.93. The van der Waals surface area contributed by atoms with E-state index in [1.165, 1.54) is 4.31 Å². The fourth-order valence-electron chi connectivity index (χ4n) is 15.2. The Kier molecular flexibility index (Phi) is 24.5. The summed E-state index contributed by atoms with van der Waals surface area (Å²) in [6.07, 6.45) is 4.15. The molecule has 0 radical (unpaired) electrons. The van der Waals surface area contributed by atoms with Crippen LogP contribution in [0.25, 0.3) is 0 Å². The van der Waals surface area contributed by atoms with Crippen molar-refractivity contribution >= 4 is 82.4 Å². The van der Waals surface area contributed by atoms with Crippen LogP contribution in [0.3, 0.4) is 0 Å². The number of hydrogen-bond acceptors (Lipinski definition) is 14. The number of ketones is 3. The number of Topliss-reactive ketones (excluding diaryl/α,β-unsaturated/α-hetero) is 3. The van der Waals surface area contributed by atoms with Crippen molar-refractivity contribution in [3.63, 3.8) is 0 Å². The summed E-state index contributed by atoms with van der Waals surface area (Å²) in [5.74, 6) is -1.58. The second-order valence-corrected chi connectivity index (χ2v) is 36.7. The predicted molar refractivity (Wildman–Crippen MR) is 426 cm³/mol. The topological polar surface area (TPSA) is 286 Å². The van der Waals surface area contributed by atoms with E-state index in [1.807, 2.05) is 107 Å². The Balaban J connectivity index is 0.000000176. The minimum absolute atomic E-state index is 0.00351. The van der Waals surface area contributed by atoms with Gasteiger partial charge in [0.05, 0.1) is 45.0 Å². The van der Waals surface area contributed by atoms with Crippen molar-refractivity contribution in [1.82, 2.24) is 13.7 Å². The summed E-state index contributed by atoms with van der Waals surface area (Å²) in [4.78, 5) is 77.1. The number of carbonyl (C=O) groups is 6. The summed E-state index contributed by atoms with van der Waals surface area (Å²) >= 11 is 0. The summed E-state index contributed by atoms with van der Waals surface area (Å²) in [5, 5.41) is 9.50. The predicted octanol–water partition coefficient (Wildman–Crippen LogP) is 15.2. The number of aryl methyl sites for hydroxylation is 3. The number of anilines is 3. The molecule has 3 heterocycles. The van der Waals surface area contributed by atoms with Crippen molar-refractivity contribution in [3.05, 3.63) is 247 Å². The third-order valence-electron chi connectivity index (χ3n) is 20.7. The van der Waals surface area contributed by atoms with Crippen LogP contribution >= 0.6 is 0 Å². The molecule has 0 aliphatic heterocycles. The summed E-state index contributed by atoms with van der Waals surface area (Å²) in [5.41, 5.74) is 15.0. The molecule has 110 heavy (non-hydrogen) atoms. The Morgan fingerprint density at radius 1 is 0.427 bits per heavy atom. The average Bonchev–Trinajstić information content (AvgIpc) is 1.60. The molecule has 3 N–H and O–H groups in total. The number of carboxylic acids is 1. The summed E-state index contributed by atoms with van der Waals surface area (Å²) in [6, 6.07) is 41.7. The van der Waals surface area contributed by atoms with Gasteiger partial charge < -0.3 is 28.3 Å². The van der Waals surface area contributed by atoms with Gasteiger partial charge in [-0.1, -0.05) is 149 Å². The second kappa shape index (κ2) is 32.8. The van der Waals surface area contributed by atoms with Crippen molar-refractivity contribution in [3.8, 4) is 0 Å². The number of para-hydroxylation sites is 3. The lowest BCUT2D eigenvalue weighted by molar-refractivity contribution is -0.144. The summed E-state index contributed by atoms with van der Waals surface area (Å²) < 4.78 is 102. The minimum Gasteiger partial charge on any atom is -0.480 e. The maximum absolute atomic E-state index is 13.5. The zero-order valence-corrected chi connectivity index (χ0v) is 67.9. The highest BCUT2D eigenvalue weighted by atomic mass is 32.2. The Labute approximate surface area is 646 Å². The standard InChI is InChI=1S/C30H36N2O5S.C29H34N2O5S.C27H30N2O5S/c1-7-37-28(34)19-32-21(3)24(29-26(32)17-30(4,5)18-27(29)33)16-22-10-8-9-11-25(22)31(6)38(35,36)23-14-12-20(2)13-15-23;1-6-36-27(33)18-31-20(3)23(28-25(31)16-29(4,5)17-26(28)32)15-21-9-7-8-10-24(21)30-37(34,35)22-13-11-19(2)12-14-22;1-17-9-11-20(12-10-17)35(33,34)28-22-8-6-5-7-19(22)13-21-18(2)29(16-25(31)32)23-14-27(3,4)15-24(30)26(21)23/h8-15H,7,16-19H2,1-6H3;7-14,30H,6,15-18H2,1-5H3;5-12,28H,13-16H2,1-4H3,(H,31,32). The van der Waals surface area contributed by atoms with Crippen molar-refractivity contribution < 1.29 is 68.6 Å². The van der Waals surface area contributed by atoms with E-state index < -0.39 is 36.0 Å². The van der Waals surface area contributed by atoms with Gasteiger partial charge >= 0.3 is 17.9 Å². The molecular formula is C86H100N6O15S3. The SMILES string of the molecule is CCOC(=O)Cn1c(C)c(Cc2ccccc2N(C)S(=O)(=O)c2ccc(C)cc2)c2c1CC(C)(C)CC2=O.CCOC(=O)Cn1c(C)c(Cc2ccccc2NS(=O)(=O)c2ccc(C)cc2)c2c1CC(C)(C)CC2=O.Cc1ccc(S(=O)(=O)Nc2ccccc2Cc2c3c(n(CC(=O)O)c2C)CC(C)(C)CC3=O)cc1. The first-order valence-electron chi connectivity index (χ1n) is 36.9. The van der Waals surface area contributed by atoms with E-state index in [4.69, 9.17) is 9.47 Å². The highest BCUT2D eigenvalue weighted by Crippen LogP contribution is 2.44. The van der Waals surface area contributed by atoms with Gasteiger partial charge in [0.25, 0.3) is 30.1 Å². The number of fused-ring (bicyclic) bond motifs is 3. The smallest absolute Gasteiger partial charge is 0.325 e. The molecule has 3 aliphatic rings. The molecule has 9 aromatic rings. The van der Waals surface area contributed by atoms with Gasteiger partial charge in [-0.25, -0.2) is 25.3 Å². The molecule has 0 fully saturated rings. The molecule has 21 nitrogen and oxygen atoms in total. The zero-order chi connectivity index (χ0) is 80.3. The number of esters is 2. The largest absolute Gasteiger partial charge is 0.480 e. The highest BCUT2D eigenvalue weighted by Gasteiger charge is 2.41. The van der Waals surface area contributed by atoms with E-state index in [9.17, 15) is 59.1 Å². The normalized spacial score (nSPS) is 14.8. The quantitative estimate of drug-likeness (QED) is 0.0502. The van der Waals surface area contributed by atoms with Crippen molar-refractivity contribution in [2.45, 2.75) is 189 Å². The first-order valence-corrected chi connectivity index (χ1v) is 41.3. The lowest BCUT2D eigenvalue weighted by Gasteiger charge is -2.30. The maximum atomic E-state index is 13.5. The Morgan fingerprint density at radius 2 is 0.727 bits per heavy atom. The van der Waals surface area contributed by atoms with Gasteiger partial charge in [-0.15, -0.1) is 0 Å². The molecule has 0 saturated heterocycles. The average molecular weight is 1550 g/mol. The van der Waals surface area contributed by atoms with E-state index >= 15 is 0 Å². The number of ether oxygens (including phenoxy) is 2. The van der Waals surface area contributed by atoms with E-state index in [-0.39, 0.29) is 93.1 Å². The molecule has 3 aliphatic carbocycles. The molecule has 0 bridgehead atoms. The molecule has 582 valence electrons. The number of nitrogens with one attached hydrogen (secondary N) is 2. The number of carboxylic acid groups (broad SMARTS) is 1. The first-order chi connectivity index (χ1) is 51.6. The Morgan fingerprint density at radius 3 is 1.06 bits per heavy atom. The van der Waals surface area contributed by atoms with Crippen LogP contribution in [-0.2, 0) is 112 Å². The molecule has 3 aromatic heterocycles. The molecule has 24 heteroatoms. The van der Waals surface area contributed by atoms with Crippen LogP contribution in [0.1, 0.15) is 190 Å². The maximum Gasteiger partial charge on any atom is 0.325 e. The summed E-state index contributed by atoms with van der Waals surface area (Å²) in [6.45, 7) is 27.6. The third kappa shape index (κ3) is 18.5. The second-order valence-electron chi connectivity index (χ2n) is 31.3. The van der Waals surface area contributed by atoms with E-state index in [0.717, 1.165) is 78.7 Å².